The Kier molecular flexibility index (Phi) is 6.15. The van der Waals surface area contributed by atoms with E-state index in [1.807, 2.05) is 36.4 Å². The molecule has 1 amide bonds. The quantitative estimate of drug-likeness (QED) is 0.353. The van der Waals surface area contributed by atoms with Gasteiger partial charge in [-0.25, -0.2) is 10.3 Å². The van der Waals surface area contributed by atoms with E-state index < -0.39 is 17.2 Å². The van der Waals surface area contributed by atoms with Crippen molar-refractivity contribution >= 4 is 16.8 Å². The molecule has 4 aromatic rings. The highest BCUT2D eigenvalue weighted by Crippen LogP contribution is 2.14. The third-order valence-corrected chi connectivity index (χ3v) is 5.45. The monoisotopic (exact) mass is 440 g/mol. The van der Waals surface area contributed by atoms with Gasteiger partial charge in [0.15, 0.2) is 0 Å². The second kappa shape index (κ2) is 9.34. The van der Waals surface area contributed by atoms with Crippen molar-refractivity contribution in [1.82, 2.24) is 14.6 Å². The van der Waals surface area contributed by atoms with Crippen LogP contribution in [-0.2, 0) is 19.5 Å². The number of hydrogen-bond donors (Lipinski definition) is 2. The molecule has 0 atom stereocenters. The van der Waals surface area contributed by atoms with Gasteiger partial charge in [-0.1, -0.05) is 42.5 Å². The van der Waals surface area contributed by atoms with Gasteiger partial charge in [-0.05, 0) is 47.9 Å². The van der Waals surface area contributed by atoms with Crippen molar-refractivity contribution in [3.63, 3.8) is 0 Å². The first-order chi connectivity index (χ1) is 16.0. The van der Waals surface area contributed by atoms with Crippen LogP contribution < -0.4 is 16.7 Å². The van der Waals surface area contributed by atoms with E-state index in [1.54, 1.807) is 35.8 Å². The molecule has 0 aliphatic rings. The Hall–Kier alpha value is -4.48. The summed E-state index contributed by atoms with van der Waals surface area (Å²) in [6.07, 6.45) is 0.504. The van der Waals surface area contributed by atoms with E-state index in [-0.39, 0.29) is 18.7 Å². The number of carbonyl (C=O) groups is 1. The Morgan fingerprint density at radius 3 is 2.42 bits per heavy atom. The highest BCUT2D eigenvalue weighted by Gasteiger charge is 2.15. The predicted molar refractivity (Wildman–Crippen MR) is 122 cm³/mol. The summed E-state index contributed by atoms with van der Waals surface area (Å²) in [5.41, 5.74) is 3.18. The topological polar surface area (TPSA) is 117 Å². The molecule has 0 fully saturated rings. The Morgan fingerprint density at radius 1 is 0.939 bits per heavy atom. The number of amides is 1. The molecule has 1 aromatic heterocycles. The van der Waals surface area contributed by atoms with Gasteiger partial charge in [0.2, 0.25) is 0 Å². The van der Waals surface area contributed by atoms with Crippen molar-refractivity contribution in [3.8, 4) is 6.07 Å². The van der Waals surface area contributed by atoms with Crippen molar-refractivity contribution in [3.05, 3.63) is 116 Å². The summed E-state index contributed by atoms with van der Waals surface area (Å²) in [7, 11) is 0. The van der Waals surface area contributed by atoms with Gasteiger partial charge in [-0.2, -0.15) is 5.26 Å². The zero-order chi connectivity index (χ0) is 23.4. The Bertz CT molecular complexity index is 1500. The van der Waals surface area contributed by atoms with E-state index in [0.717, 1.165) is 5.56 Å². The average molecular weight is 440 g/mol. The van der Waals surface area contributed by atoms with Gasteiger partial charge < -0.3 is 0 Å². The lowest BCUT2D eigenvalue weighted by atomic mass is 10.1. The van der Waals surface area contributed by atoms with Crippen molar-refractivity contribution in [2.24, 2.45) is 0 Å². The van der Waals surface area contributed by atoms with E-state index >= 15 is 0 Å². The van der Waals surface area contributed by atoms with Gasteiger partial charge in [-0.3, -0.25) is 23.9 Å². The molecule has 8 heteroatoms. The lowest BCUT2D eigenvalue weighted by Gasteiger charge is -2.15. The molecule has 0 radical (unpaired) electrons. The number of fused-ring (bicyclic) bond motifs is 1. The fourth-order valence-electron chi connectivity index (χ4n) is 3.78. The molecule has 8 nitrogen and oxygen atoms in total. The molecule has 33 heavy (non-hydrogen) atoms. The lowest BCUT2D eigenvalue weighted by Crippen LogP contribution is -2.40. The number of benzene rings is 3. The molecule has 0 spiro atoms. The molecule has 0 saturated heterocycles. The Morgan fingerprint density at radius 2 is 1.70 bits per heavy atom. The molecule has 2 N–H and O–H groups in total. The third-order valence-electron chi connectivity index (χ3n) is 5.45. The molecule has 0 bridgehead atoms. The van der Waals surface area contributed by atoms with Crippen molar-refractivity contribution in [2.75, 3.05) is 0 Å². The molecule has 0 aliphatic carbocycles. The zero-order valence-electron chi connectivity index (χ0n) is 17.6. The van der Waals surface area contributed by atoms with Gasteiger partial charge >= 0.3 is 5.69 Å². The highest BCUT2D eigenvalue weighted by molar-refractivity contribution is 5.93. The van der Waals surface area contributed by atoms with Crippen molar-refractivity contribution in [1.29, 1.82) is 5.26 Å². The maximum absolute atomic E-state index is 13.4. The second-order valence-electron chi connectivity index (χ2n) is 7.55. The number of carbonyl (C=O) groups excluding carboxylic acids is 1. The third kappa shape index (κ3) is 4.44. The largest absolute Gasteiger partial charge is 0.331 e. The van der Waals surface area contributed by atoms with Crippen LogP contribution in [0.15, 0.2) is 82.4 Å². The van der Waals surface area contributed by atoms with Crippen LogP contribution in [0.1, 0.15) is 27.0 Å². The van der Waals surface area contributed by atoms with Crippen LogP contribution in [0.25, 0.3) is 10.9 Å². The van der Waals surface area contributed by atoms with Crippen LogP contribution in [-0.4, -0.2) is 20.2 Å². The molecule has 0 aliphatic heterocycles. The van der Waals surface area contributed by atoms with Crippen molar-refractivity contribution < 1.29 is 10.0 Å². The molecular weight excluding hydrogens is 420 g/mol. The maximum Gasteiger partial charge on any atom is 0.331 e. The van der Waals surface area contributed by atoms with E-state index in [9.17, 15) is 19.6 Å². The molecule has 0 saturated carbocycles. The summed E-state index contributed by atoms with van der Waals surface area (Å²) >= 11 is 0. The minimum atomic E-state index is -0.673. The standard InChI is InChI=1S/C25H20N4O4/c26-15-18-9-10-21-22(14-18)29(16-19-7-4-8-20(13-19)23(30)27-33)25(32)28(24(21)31)12-11-17-5-2-1-3-6-17/h1-10,13-14,33H,11-12,16H2,(H,27,30). The van der Waals surface area contributed by atoms with Gasteiger partial charge in [0.25, 0.3) is 11.5 Å². The number of nitrogens with zero attached hydrogens (tertiary/aromatic N) is 3. The van der Waals surface area contributed by atoms with Gasteiger partial charge in [0, 0.05) is 12.1 Å². The van der Waals surface area contributed by atoms with Crippen LogP contribution in [0, 0.1) is 11.3 Å². The first-order valence-corrected chi connectivity index (χ1v) is 10.3. The summed E-state index contributed by atoms with van der Waals surface area (Å²) in [6, 6.07) is 22.7. The first-order valence-electron chi connectivity index (χ1n) is 10.3. The number of hydrogen-bond acceptors (Lipinski definition) is 5. The Balaban J connectivity index is 1.84. The predicted octanol–water partition coefficient (Wildman–Crippen LogP) is 2.44. The molecule has 0 unspecified atom stereocenters. The summed E-state index contributed by atoms with van der Waals surface area (Å²) < 4.78 is 2.63. The fourth-order valence-corrected chi connectivity index (χ4v) is 3.78. The van der Waals surface area contributed by atoms with Crippen LogP contribution in [0.4, 0.5) is 0 Å². The minimum absolute atomic E-state index is 0.0718. The van der Waals surface area contributed by atoms with E-state index in [0.29, 0.717) is 28.5 Å². The molecular formula is C25H20N4O4. The normalized spacial score (nSPS) is 10.7. The minimum Gasteiger partial charge on any atom is -0.289 e. The van der Waals surface area contributed by atoms with E-state index in [4.69, 9.17) is 5.21 Å². The first kappa shape index (κ1) is 21.7. The lowest BCUT2D eigenvalue weighted by molar-refractivity contribution is 0.0706. The average Bonchev–Trinajstić information content (AvgIpc) is 2.86. The van der Waals surface area contributed by atoms with Gasteiger partial charge in [0.05, 0.1) is 29.1 Å². The SMILES string of the molecule is N#Cc1ccc2c(=O)n(CCc3ccccc3)c(=O)n(Cc3cccc(C(=O)NO)c3)c2c1. The van der Waals surface area contributed by atoms with E-state index in [2.05, 4.69) is 0 Å². The molecule has 1 heterocycles. The highest BCUT2D eigenvalue weighted by atomic mass is 16.5. The number of aromatic nitrogens is 2. The molecule has 4 rings (SSSR count). The number of nitriles is 1. The van der Waals surface area contributed by atoms with Gasteiger partial charge in [0.1, 0.15) is 0 Å². The summed E-state index contributed by atoms with van der Waals surface area (Å²) in [5, 5.41) is 18.6. The zero-order valence-corrected chi connectivity index (χ0v) is 17.6. The maximum atomic E-state index is 13.4. The summed E-state index contributed by atoms with van der Waals surface area (Å²) in [6.45, 7) is 0.271. The number of aryl methyl sites for hydroxylation is 1. The summed E-state index contributed by atoms with van der Waals surface area (Å²) in [5.74, 6) is -0.673. The molecule has 3 aromatic carbocycles. The number of hydroxylamine groups is 1. The Labute approximate surface area is 188 Å². The fraction of sp³-hybridized carbons (Fsp3) is 0.120. The van der Waals surface area contributed by atoms with Gasteiger partial charge in [-0.15, -0.1) is 0 Å². The second-order valence-corrected chi connectivity index (χ2v) is 7.55. The summed E-state index contributed by atoms with van der Waals surface area (Å²) in [4.78, 5) is 38.4. The van der Waals surface area contributed by atoms with Crippen LogP contribution in [0.2, 0.25) is 0 Å². The van der Waals surface area contributed by atoms with Crippen molar-refractivity contribution in [2.45, 2.75) is 19.5 Å². The van der Waals surface area contributed by atoms with Crippen LogP contribution in [0.5, 0.6) is 0 Å². The van der Waals surface area contributed by atoms with E-state index in [1.165, 1.54) is 21.3 Å². The number of nitrogens with one attached hydrogen (secondary N) is 1. The number of rotatable bonds is 6. The molecule has 164 valence electrons. The van der Waals surface area contributed by atoms with Crippen LogP contribution >= 0.6 is 0 Å². The smallest absolute Gasteiger partial charge is 0.289 e. The van der Waals surface area contributed by atoms with Crippen LogP contribution in [0.3, 0.4) is 0 Å².